The molecule has 2 rings (SSSR count). The fourth-order valence-corrected chi connectivity index (χ4v) is 2.30. The summed E-state index contributed by atoms with van der Waals surface area (Å²) in [5.41, 5.74) is 6.20. The van der Waals surface area contributed by atoms with Crippen molar-refractivity contribution < 1.29 is 9.90 Å². The van der Waals surface area contributed by atoms with Crippen molar-refractivity contribution in [2.75, 3.05) is 5.73 Å². The number of carbonyl (C=O) groups is 1. The van der Waals surface area contributed by atoms with Gasteiger partial charge in [-0.1, -0.05) is 25.4 Å². The number of hydrogen-bond acceptors (Lipinski definition) is 3. The lowest BCUT2D eigenvalue weighted by Gasteiger charge is -2.49. The predicted molar refractivity (Wildman–Crippen MR) is 71.5 cm³/mol. The summed E-state index contributed by atoms with van der Waals surface area (Å²) in [7, 11) is 0. The molecule has 4 N–H and O–H groups in total. The summed E-state index contributed by atoms with van der Waals surface area (Å²) >= 11 is 5.97. The zero-order valence-corrected chi connectivity index (χ0v) is 11.2. The molecule has 1 aliphatic carbocycles. The van der Waals surface area contributed by atoms with Crippen molar-refractivity contribution >= 4 is 23.2 Å². The molecule has 1 fully saturated rings. The molecule has 4 nitrogen and oxygen atoms in total. The van der Waals surface area contributed by atoms with Gasteiger partial charge in [0, 0.05) is 17.1 Å². The third-order valence-electron chi connectivity index (χ3n) is 3.76. The smallest absolute Gasteiger partial charge is 0.253 e. The lowest BCUT2D eigenvalue weighted by Crippen LogP contribution is -2.61. The Morgan fingerprint density at radius 3 is 2.78 bits per heavy atom. The molecule has 2 unspecified atom stereocenters. The Morgan fingerprint density at radius 2 is 2.22 bits per heavy atom. The Balaban J connectivity index is 2.12. The molecule has 98 valence electrons. The number of amides is 1. The largest absolute Gasteiger partial charge is 0.399 e. The van der Waals surface area contributed by atoms with Crippen LogP contribution in [0, 0.1) is 5.41 Å². The van der Waals surface area contributed by atoms with E-state index in [0.29, 0.717) is 22.7 Å². The number of nitrogens with two attached hydrogens (primary N) is 1. The second-order valence-electron chi connectivity index (χ2n) is 5.34. The highest BCUT2D eigenvalue weighted by Gasteiger charge is 2.48. The van der Waals surface area contributed by atoms with Gasteiger partial charge in [-0.25, -0.2) is 0 Å². The second kappa shape index (κ2) is 4.44. The highest BCUT2D eigenvalue weighted by atomic mass is 35.5. The molecule has 0 radical (unpaired) electrons. The molecule has 2 atom stereocenters. The fraction of sp³-hybridized carbons (Fsp3) is 0.462. The van der Waals surface area contributed by atoms with E-state index in [0.717, 1.165) is 0 Å². The van der Waals surface area contributed by atoms with E-state index in [2.05, 4.69) is 5.32 Å². The molecule has 1 aromatic carbocycles. The van der Waals surface area contributed by atoms with Gasteiger partial charge in [0.2, 0.25) is 0 Å². The number of hydrogen-bond donors (Lipinski definition) is 3. The van der Waals surface area contributed by atoms with Gasteiger partial charge in [-0.3, -0.25) is 4.79 Å². The number of benzene rings is 1. The number of anilines is 1. The number of carbonyl (C=O) groups excluding carboxylic acids is 1. The van der Waals surface area contributed by atoms with Gasteiger partial charge in [0.15, 0.2) is 0 Å². The van der Waals surface area contributed by atoms with Gasteiger partial charge in [-0.05, 0) is 24.6 Å². The van der Waals surface area contributed by atoms with Gasteiger partial charge in [-0.15, -0.1) is 0 Å². The van der Waals surface area contributed by atoms with E-state index in [1.807, 2.05) is 13.8 Å². The molecule has 1 amide bonds. The van der Waals surface area contributed by atoms with Crippen molar-refractivity contribution in [1.29, 1.82) is 0 Å². The number of nitrogens with one attached hydrogen (secondary N) is 1. The van der Waals surface area contributed by atoms with Gasteiger partial charge in [0.1, 0.15) is 0 Å². The van der Waals surface area contributed by atoms with Crippen LogP contribution in [0.25, 0.3) is 0 Å². The lowest BCUT2D eigenvalue weighted by atomic mass is 9.64. The molecule has 0 aromatic heterocycles. The van der Waals surface area contributed by atoms with Gasteiger partial charge in [0.05, 0.1) is 16.7 Å². The minimum absolute atomic E-state index is 0.0440. The summed E-state index contributed by atoms with van der Waals surface area (Å²) in [4.78, 5) is 12.1. The van der Waals surface area contributed by atoms with Gasteiger partial charge < -0.3 is 16.2 Å². The normalized spacial score (nSPS) is 25.3. The number of nitrogen functional groups attached to an aromatic ring is 1. The first-order valence-corrected chi connectivity index (χ1v) is 6.24. The van der Waals surface area contributed by atoms with E-state index in [-0.39, 0.29) is 23.5 Å². The topological polar surface area (TPSA) is 75.3 Å². The van der Waals surface area contributed by atoms with Crippen LogP contribution in [0.3, 0.4) is 0 Å². The summed E-state index contributed by atoms with van der Waals surface area (Å²) in [5, 5.41) is 12.9. The van der Waals surface area contributed by atoms with E-state index in [1.165, 1.54) is 0 Å². The van der Waals surface area contributed by atoms with Crippen LogP contribution in [0.5, 0.6) is 0 Å². The fourth-order valence-electron chi connectivity index (χ4n) is 2.10. The van der Waals surface area contributed by atoms with Crippen LogP contribution in [0.4, 0.5) is 5.69 Å². The molecule has 0 spiro atoms. The maximum Gasteiger partial charge on any atom is 0.253 e. The Labute approximate surface area is 111 Å². The molecule has 0 heterocycles. The summed E-state index contributed by atoms with van der Waals surface area (Å²) in [6, 6.07) is 4.76. The van der Waals surface area contributed by atoms with Crippen molar-refractivity contribution in [3.63, 3.8) is 0 Å². The third kappa shape index (κ3) is 2.18. The Morgan fingerprint density at radius 1 is 1.56 bits per heavy atom. The van der Waals surface area contributed by atoms with Crippen LogP contribution in [0.2, 0.25) is 5.02 Å². The van der Waals surface area contributed by atoms with Crippen LogP contribution in [0.15, 0.2) is 18.2 Å². The molecular weight excluding hydrogens is 252 g/mol. The predicted octanol–water partition coefficient (Wildman–Crippen LogP) is 1.81. The summed E-state index contributed by atoms with van der Waals surface area (Å²) in [6.45, 7) is 3.85. The molecule has 18 heavy (non-hydrogen) atoms. The first-order valence-electron chi connectivity index (χ1n) is 5.86. The maximum absolute atomic E-state index is 12.1. The monoisotopic (exact) mass is 268 g/mol. The number of halogens is 1. The van der Waals surface area contributed by atoms with E-state index in [1.54, 1.807) is 18.2 Å². The highest BCUT2D eigenvalue weighted by Crippen LogP contribution is 2.40. The standard InChI is InChI=1S/C13H17ClN2O2/c1-13(2)10(6-11(13)17)16-12(18)8-5-7(15)3-4-9(8)14/h3-5,10-11,17H,6,15H2,1-2H3,(H,16,18). The van der Waals surface area contributed by atoms with Crippen LogP contribution in [0.1, 0.15) is 30.6 Å². The third-order valence-corrected chi connectivity index (χ3v) is 4.09. The highest BCUT2D eigenvalue weighted by molar-refractivity contribution is 6.34. The maximum atomic E-state index is 12.1. The molecule has 1 saturated carbocycles. The zero-order chi connectivity index (χ0) is 13.5. The van der Waals surface area contributed by atoms with Crippen molar-refractivity contribution in [2.45, 2.75) is 32.4 Å². The Kier molecular flexibility index (Phi) is 3.25. The molecule has 1 aliphatic rings. The number of aliphatic hydroxyl groups excluding tert-OH is 1. The van der Waals surface area contributed by atoms with E-state index >= 15 is 0 Å². The minimum atomic E-state index is -0.376. The van der Waals surface area contributed by atoms with E-state index in [4.69, 9.17) is 17.3 Å². The quantitative estimate of drug-likeness (QED) is 0.716. The van der Waals surface area contributed by atoms with Crippen LogP contribution >= 0.6 is 11.6 Å². The second-order valence-corrected chi connectivity index (χ2v) is 5.75. The minimum Gasteiger partial charge on any atom is -0.399 e. The molecular formula is C13H17ClN2O2. The van der Waals surface area contributed by atoms with Gasteiger partial charge >= 0.3 is 0 Å². The molecule has 0 aliphatic heterocycles. The number of aliphatic hydroxyl groups is 1. The van der Waals surface area contributed by atoms with Crippen molar-refractivity contribution in [3.8, 4) is 0 Å². The SMILES string of the molecule is CC1(C)C(O)CC1NC(=O)c1cc(N)ccc1Cl. The average molecular weight is 269 g/mol. The van der Waals surface area contributed by atoms with Crippen molar-refractivity contribution in [3.05, 3.63) is 28.8 Å². The van der Waals surface area contributed by atoms with E-state index < -0.39 is 0 Å². The average Bonchev–Trinajstić information content (AvgIpc) is 2.31. The first kappa shape index (κ1) is 13.2. The van der Waals surface area contributed by atoms with Gasteiger partial charge in [0.25, 0.3) is 5.91 Å². The summed E-state index contributed by atoms with van der Waals surface area (Å²) in [6.07, 6.45) is 0.192. The molecule has 5 heteroatoms. The van der Waals surface area contributed by atoms with Gasteiger partial charge in [-0.2, -0.15) is 0 Å². The Hall–Kier alpha value is -1.26. The lowest BCUT2D eigenvalue weighted by molar-refractivity contribution is -0.0689. The van der Waals surface area contributed by atoms with Crippen molar-refractivity contribution in [1.82, 2.24) is 5.32 Å². The summed E-state index contributed by atoms with van der Waals surface area (Å²) < 4.78 is 0. The van der Waals surface area contributed by atoms with Crippen molar-refractivity contribution in [2.24, 2.45) is 5.41 Å². The number of rotatable bonds is 2. The summed E-state index contributed by atoms with van der Waals surface area (Å²) in [5.74, 6) is -0.253. The van der Waals surface area contributed by atoms with Crippen LogP contribution in [-0.4, -0.2) is 23.2 Å². The molecule has 1 aromatic rings. The molecule has 0 bridgehead atoms. The molecule has 0 saturated heterocycles. The van der Waals surface area contributed by atoms with Crippen LogP contribution in [-0.2, 0) is 0 Å². The first-order chi connectivity index (χ1) is 8.32. The van der Waals surface area contributed by atoms with E-state index in [9.17, 15) is 9.90 Å². The van der Waals surface area contributed by atoms with Crippen LogP contribution < -0.4 is 11.1 Å². The zero-order valence-electron chi connectivity index (χ0n) is 10.4. The Bertz CT molecular complexity index is 488.